The van der Waals surface area contributed by atoms with Gasteiger partial charge in [0, 0.05) is 9.13 Å². The Kier molecular flexibility index (Phi) is 4.03. The fraction of sp³-hybridized carbons (Fsp3) is 0.143. The summed E-state index contributed by atoms with van der Waals surface area (Å²) in [5.41, 5.74) is 2.16. The summed E-state index contributed by atoms with van der Waals surface area (Å²) in [5.74, 6) is -0.182. The lowest BCUT2D eigenvalue weighted by Crippen LogP contribution is -2.17. The summed E-state index contributed by atoms with van der Waals surface area (Å²) in [5, 5.41) is 0. The molecule has 0 saturated carbocycles. The van der Waals surface area contributed by atoms with Gasteiger partial charge in [0.1, 0.15) is 5.75 Å². The molecule has 0 radical (unpaired) electrons. The molecule has 0 unspecified atom stereocenters. The van der Waals surface area contributed by atoms with Crippen LogP contribution in [0.5, 0.6) is 5.75 Å². The van der Waals surface area contributed by atoms with E-state index in [1.165, 1.54) is 12.1 Å². The minimum atomic E-state index is -4.69. The van der Waals surface area contributed by atoms with E-state index in [-0.39, 0.29) is 5.75 Å². The fourth-order valence-electron chi connectivity index (χ4n) is 1.75. The Morgan fingerprint density at radius 1 is 1.00 bits per heavy atom. The van der Waals surface area contributed by atoms with Crippen LogP contribution in [0.15, 0.2) is 42.5 Å². The van der Waals surface area contributed by atoms with E-state index in [1.54, 1.807) is 12.1 Å². The molecule has 19 heavy (non-hydrogen) atoms. The Balaban J connectivity index is 2.53. The van der Waals surface area contributed by atoms with E-state index in [2.05, 4.69) is 27.3 Å². The van der Waals surface area contributed by atoms with Crippen LogP contribution in [0.2, 0.25) is 0 Å². The summed E-state index contributed by atoms with van der Waals surface area (Å²) < 4.78 is 42.1. The van der Waals surface area contributed by atoms with Crippen LogP contribution in [0.1, 0.15) is 5.56 Å². The van der Waals surface area contributed by atoms with Crippen molar-refractivity contribution < 1.29 is 17.9 Å². The number of ether oxygens (including phenoxy) is 1. The molecule has 0 aliphatic heterocycles. The molecule has 0 saturated heterocycles. The van der Waals surface area contributed by atoms with Crippen molar-refractivity contribution in [2.24, 2.45) is 0 Å². The number of aryl methyl sites for hydroxylation is 1. The minimum Gasteiger partial charge on any atom is -0.405 e. The van der Waals surface area contributed by atoms with E-state index in [0.717, 1.165) is 14.7 Å². The van der Waals surface area contributed by atoms with E-state index < -0.39 is 6.36 Å². The molecule has 2 aromatic rings. The molecule has 0 atom stereocenters. The largest absolute Gasteiger partial charge is 0.573 e. The first kappa shape index (κ1) is 14.2. The van der Waals surface area contributed by atoms with Gasteiger partial charge in [-0.2, -0.15) is 0 Å². The van der Waals surface area contributed by atoms with Crippen LogP contribution in [0.25, 0.3) is 11.1 Å². The first-order chi connectivity index (χ1) is 8.87. The van der Waals surface area contributed by atoms with Crippen LogP contribution in [0.4, 0.5) is 13.2 Å². The maximum absolute atomic E-state index is 12.4. The van der Waals surface area contributed by atoms with Gasteiger partial charge >= 0.3 is 6.36 Å². The third-order valence-corrected chi connectivity index (χ3v) is 3.47. The van der Waals surface area contributed by atoms with Crippen molar-refractivity contribution in [1.29, 1.82) is 0 Å². The molecule has 100 valence electrons. The Morgan fingerprint density at radius 3 is 2.37 bits per heavy atom. The van der Waals surface area contributed by atoms with E-state index in [1.807, 2.05) is 25.1 Å². The zero-order chi connectivity index (χ0) is 14.0. The molecule has 0 aromatic heterocycles. The Morgan fingerprint density at radius 2 is 1.68 bits per heavy atom. The zero-order valence-corrected chi connectivity index (χ0v) is 12.1. The standard InChI is InChI=1S/C14H10F3IO/c1-9-6-7-12(18)11(8-9)10-4-2-3-5-13(10)19-14(15,16)17/h2-8H,1H3. The van der Waals surface area contributed by atoms with E-state index in [4.69, 9.17) is 0 Å². The molecule has 0 heterocycles. The van der Waals surface area contributed by atoms with Gasteiger partial charge in [-0.3, -0.25) is 0 Å². The average Bonchev–Trinajstić information content (AvgIpc) is 2.31. The Labute approximate surface area is 122 Å². The van der Waals surface area contributed by atoms with Crippen molar-refractivity contribution in [3.63, 3.8) is 0 Å². The second kappa shape index (κ2) is 5.40. The lowest BCUT2D eigenvalue weighted by atomic mass is 10.0. The van der Waals surface area contributed by atoms with Crippen LogP contribution >= 0.6 is 22.6 Å². The maximum atomic E-state index is 12.4. The van der Waals surface area contributed by atoms with Gasteiger partial charge in [0.2, 0.25) is 0 Å². The smallest absolute Gasteiger partial charge is 0.405 e. The highest BCUT2D eigenvalue weighted by atomic mass is 127. The molecule has 0 bridgehead atoms. The van der Waals surface area contributed by atoms with E-state index in [0.29, 0.717) is 5.56 Å². The molecule has 0 fully saturated rings. The van der Waals surface area contributed by atoms with Crippen LogP contribution in [0.3, 0.4) is 0 Å². The van der Waals surface area contributed by atoms with Gasteiger partial charge in [0.15, 0.2) is 0 Å². The molecule has 0 N–H and O–H groups in total. The molecule has 0 spiro atoms. The van der Waals surface area contributed by atoms with Crippen LogP contribution < -0.4 is 4.74 Å². The zero-order valence-electron chi connectivity index (χ0n) is 9.96. The quantitative estimate of drug-likeness (QED) is 0.656. The summed E-state index contributed by atoms with van der Waals surface area (Å²) in [6, 6.07) is 11.8. The SMILES string of the molecule is Cc1ccc(I)c(-c2ccccc2OC(F)(F)F)c1. The lowest BCUT2D eigenvalue weighted by molar-refractivity contribution is -0.274. The van der Waals surface area contributed by atoms with Crippen LogP contribution in [-0.2, 0) is 0 Å². The van der Waals surface area contributed by atoms with Gasteiger partial charge < -0.3 is 4.74 Å². The molecule has 2 aromatic carbocycles. The molecule has 2 rings (SSSR count). The molecular formula is C14H10F3IO. The highest BCUT2D eigenvalue weighted by Gasteiger charge is 2.32. The first-order valence-corrected chi connectivity index (χ1v) is 6.56. The summed E-state index contributed by atoms with van der Waals surface area (Å²) in [6.07, 6.45) is -4.69. The van der Waals surface area contributed by atoms with Gasteiger partial charge in [0.25, 0.3) is 0 Å². The van der Waals surface area contributed by atoms with Crippen molar-refractivity contribution >= 4 is 22.6 Å². The van der Waals surface area contributed by atoms with E-state index >= 15 is 0 Å². The molecule has 0 aliphatic carbocycles. The number of hydrogen-bond donors (Lipinski definition) is 0. The molecule has 0 aliphatic rings. The topological polar surface area (TPSA) is 9.23 Å². The average molecular weight is 378 g/mol. The number of para-hydroxylation sites is 1. The number of benzene rings is 2. The lowest BCUT2D eigenvalue weighted by Gasteiger charge is -2.14. The molecule has 5 heteroatoms. The number of halogens is 4. The van der Waals surface area contributed by atoms with Crippen molar-refractivity contribution in [3.8, 4) is 16.9 Å². The molecule has 1 nitrogen and oxygen atoms in total. The minimum absolute atomic E-state index is 0.182. The second-order valence-electron chi connectivity index (χ2n) is 4.03. The fourth-order valence-corrected chi connectivity index (χ4v) is 2.37. The Hall–Kier alpha value is -1.24. The first-order valence-electron chi connectivity index (χ1n) is 5.48. The van der Waals surface area contributed by atoms with Gasteiger partial charge in [-0.05, 0) is 47.2 Å². The monoisotopic (exact) mass is 378 g/mol. The summed E-state index contributed by atoms with van der Waals surface area (Å²) in [4.78, 5) is 0. The summed E-state index contributed by atoms with van der Waals surface area (Å²) in [7, 11) is 0. The molecular weight excluding hydrogens is 368 g/mol. The summed E-state index contributed by atoms with van der Waals surface area (Å²) in [6.45, 7) is 1.90. The normalized spacial score (nSPS) is 11.4. The second-order valence-corrected chi connectivity index (χ2v) is 5.19. The number of hydrogen-bond acceptors (Lipinski definition) is 1. The van der Waals surface area contributed by atoms with Crippen LogP contribution in [0, 0.1) is 10.5 Å². The Bertz CT molecular complexity index is 593. The third kappa shape index (κ3) is 3.62. The van der Waals surface area contributed by atoms with Crippen molar-refractivity contribution in [2.75, 3.05) is 0 Å². The highest BCUT2D eigenvalue weighted by molar-refractivity contribution is 14.1. The van der Waals surface area contributed by atoms with Crippen LogP contribution in [-0.4, -0.2) is 6.36 Å². The van der Waals surface area contributed by atoms with Gasteiger partial charge in [0.05, 0.1) is 0 Å². The summed E-state index contributed by atoms with van der Waals surface area (Å²) >= 11 is 2.10. The number of rotatable bonds is 2. The van der Waals surface area contributed by atoms with Crippen molar-refractivity contribution in [3.05, 3.63) is 51.6 Å². The van der Waals surface area contributed by atoms with Gasteiger partial charge in [-0.25, -0.2) is 0 Å². The predicted octanol–water partition coefficient (Wildman–Crippen LogP) is 5.17. The maximum Gasteiger partial charge on any atom is 0.573 e. The number of alkyl halides is 3. The third-order valence-electron chi connectivity index (χ3n) is 2.52. The van der Waals surface area contributed by atoms with E-state index in [9.17, 15) is 13.2 Å². The highest BCUT2D eigenvalue weighted by Crippen LogP contribution is 2.36. The van der Waals surface area contributed by atoms with Gasteiger partial charge in [-0.15, -0.1) is 13.2 Å². The predicted molar refractivity (Wildman–Crippen MR) is 76.0 cm³/mol. The van der Waals surface area contributed by atoms with Crippen molar-refractivity contribution in [2.45, 2.75) is 13.3 Å². The van der Waals surface area contributed by atoms with Gasteiger partial charge in [-0.1, -0.05) is 35.9 Å². The molecule has 0 amide bonds. The van der Waals surface area contributed by atoms with Crippen molar-refractivity contribution in [1.82, 2.24) is 0 Å².